The lowest BCUT2D eigenvalue weighted by molar-refractivity contribution is 1.07. The largest absolute Gasteiger partial charge is 0.383 e. The van der Waals surface area contributed by atoms with E-state index in [9.17, 15) is 0 Å². The molecule has 0 spiro atoms. The van der Waals surface area contributed by atoms with Crippen molar-refractivity contribution in [1.82, 2.24) is 9.38 Å². The number of aryl methyl sites for hydroxylation is 2. The second kappa shape index (κ2) is 2.76. The van der Waals surface area contributed by atoms with Crippen molar-refractivity contribution in [2.24, 2.45) is 0 Å². The molecular weight excluding hydrogens is 162 g/mol. The third-order valence-electron chi connectivity index (χ3n) is 2.31. The smallest absolute Gasteiger partial charge is 0.138 e. The molecule has 68 valence electrons. The lowest BCUT2D eigenvalue weighted by Gasteiger charge is -1.99. The van der Waals surface area contributed by atoms with Gasteiger partial charge in [-0.15, -0.1) is 0 Å². The Morgan fingerprint density at radius 2 is 2.23 bits per heavy atom. The Morgan fingerprint density at radius 1 is 1.46 bits per heavy atom. The number of hydrogen-bond donors (Lipinski definition) is 1. The van der Waals surface area contributed by atoms with Crippen molar-refractivity contribution in [3.63, 3.8) is 0 Å². The molecule has 0 aliphatic rings. The van der Waals surface area contributed by atoms with Gasteiger partial charge in [-0.3, -0.25) is 4.40 Å². The molecule has 0 fully saturated rings. The van der Waals surface area contributed by atoms with E-state index in [1.165, 1.54) is 5.56 Å². The van der Waals surface area contributed by atoms with Crippen LogP contribution in [0.1, 0.15) is 18.2 Å². The summed E-state index contributed by atoms with van der Waals surface area (Å²) in [6.07, 6.45) is 3.07. The van der Waals surface area contributed by atoms with E-state index in [0.29, 0.717) is 0 Å². The Balaban J connectivity index is 2.75. The van der Waals surface area contributed by atoms with Crippen LogP contribution in [-0.4, -0.2) is 9.38 Å². The van der Waals surface area contributed by atoms with Crippen molar-refractivity contribution in [2.45, 2.75) is 20.3 Å². The summed E-state index contributed by atoms with van der Waals surface area (Å²) in [6, 6.07) is 4.09. The lowest BCUT2D eigenvalue weighted by Crippen LogP contribution is -1.95. The fourth-order valence-corrected chi connectivity index (χ4v) is 1.43. The van der Waals surface area contributed by atoms with E-state index in [1.54, 1.807) is 0 Å². The van der Waals surface area contributed by atoms with E-state index in [0.717, 1.165) is 23.6 Å². The van der Waals surface area contributed by atoms with Gasteiger partial charge in [0.2, 0.25) is 0 Å². The number of nitrogens with zero attached hydrogens (tertiary/aromatic N) is 2. The molecule has 3 heteroatoms. The van der Waals surface area contributed by atoms with E-state index in [4.69, 9.17) is 5.73 Å². The predicted molar refractivity (Wildman–Crippen MR) is 53.7 cm³/mol. The molecule has 0 saturated carbocycles. The molecular formula is C10H13N3. The van der Waals surface area contributed by atoms with Gasteiger partial charge in [-0.05, 0) is 25.0 Å². The molecule has 0 bridgehead atoms. The molecule has 13 heavy (non-hydrogen) atoms. The van der Waals surface area contributed by atoms with Gasteiger partial charge in [0.15, 0.2) is 0 Å². The molecule has 0 atom stereocenters. The molecule has 0 unspecified atom stereocenters. The lowest BCUT2D eigenvalue weighted by atomic mass is 10.2. The average molecular weight is 175 g/mol. The first-order valence-corrected chi connectivity index (χ1v) is 4.45. The van der Waals surface area contributed by atoms with E-state index in [-0.39, 0.29) is 0 Å². The number of nitrogens with two attached hydrogens (primary N) is 1. The van der Waals surface area contributed by atoms with Crippen LogP contribution >= 0.6 is 0 Å². The third-order valence-corrected chi connectivity index (χ3v) is 2.31. The Labute approximate surface area is 77.2 Å². The van der Waals surface area contributed by atoms with Crippen molar-refractivity contribution in [3.8, 4) is 0 Å². The van der Waals surface area contributed by atoms with Gasteiger partial charge >= 0.3 is 0 Å². The summed E-state index contributed by atoms with van der Waals surface area (Å²) in [4.78, 5) is 4.33. The highest BCUT2D eigenvalue weighted by Crippen LogP contribution is 2.14. The third kappa shape index (κ3) is 1.16. The number of hydrogen-bond acceptors (Lipinski definition) is 2. The predicted octanol–water partition coefficient (Wildman–Crippen LogP) is 1.79. The van der Waals surface area contributed by atoms with Crippen LogP contribution in [0.4, 0.5) is 5.82 Å². The minimum absolute atomic E-state index is 0.741. The maximum atomic E-state index is 5.86. The molecule has 0 aliphatic heterocycles. The number of rotatable bonds is 1. The highest BCUT2D eigenvalue weighted by Gasteiger charge is 2.04. The minimum atomic E-state index is 0.741. The normalized spacial score (nSPS) is 10.9. The molecule has 0 aromatic carbocycles. The molecule has 0 amide bonds. The zero-order valence-electron chi connectivity index (χ0n) is 7.91. The topological polar surface area (TPSA) is 43.3 Å². The summed E-state index contributed by atoms with van der Waals surface area (Å²) in [5.74, 6) is 0.741. The van der Waals surface area contributed by atoms with Gasteiger partial charge in [0.25, 0.3) is 0 Å². The summed E-state index contributed by atoms with van der Waals surface area (Å²) < 4.78 is 1.94. The number of aromatic nitrogens is 2. The molecule has 0 saturated heterocycles. The summed E-state index contributed by atoms with van der Waals surface area (Å²) in [5, 5.41) is 0. The van der Waals surface area contributed by atoms with Crippen LogP contribution in [0.3, 0.4) is 0 Å². The number of nitrogen functional groups attached to an aromatic ring is 1. The summed E-state index contributed by atoms with van der Waals surface area (Å²) in [5.41, 5.74) is 8.96. The van der Waals surface area contributed by atoms with Crippen LogP contribution in [0.25, 0.3) is 5.65 Å². The van der Waals surface area contributed by atoms with Gasteiger partial charge in [0, 0.05) is 6.20 Å². The van der Waals surface area contributed by atoms with Crippen molar-refractivity contribution in [2.75, 3.05) is 5.73 Å². The number of pyridine rings is 1. The molecule has 3 nitrogen and oxygen atoms in total. The SMILES string of the molecule is CCc1ccc2nc(C)c(N)n2c1. The van der Waals surface area contributed by atoms with E-state index < -0.39 is 0 Å². The Hall–Kier alpha value is -1.51. The fourth-order valence-electron chi connectivity index (χ4n) is 1.43. The molecule has 2 heterocycles. The highest BCUT2D eigenvalue weighted by atomic mass is 15.1. The van der Waals surface area contributed by atoms with Gasteiger partial charge in [0.1, 0.15) is 11.5 Å². The summed E-state index contributed by atoms with van der Waals surface area (Å²) in [7, 11) is 0. The Kier molecular flexibility index (Phi) is 1.72. The molecule has 2 N–H and O–H groups in total. The van der Waals surface area contributed by atoms with Crippen molar-refractivity contribution in [1.29, 1.82) is 0 Å². The molecule has 2 aromatic heterocycles. The molecule has 0 radical (unpaired) electrons. The maximum absolute atomic E-state index is 5.86. The molecule has 2 rings (SSSR count). The first-order valence-electron chi connectivity index (χ1n) is 4.45. The summed E-state index contributed by atoms with van der Waals surface area (Å²) >= 11 is 0. The number of imidazole rings is 1. The first-order chi connectivity index (χ1) is 6.22. The van der Waals surface area contributed by atoms with Gasteiger partial charge in [-0.1, -0.05) is 13.0 Å². The van der Waals surface area contributed by atoms with E-state index in [1.807, 2.05) is 23.6 Å². The van der Waals surface area contributed by atoms with E-state index >= 15 is 0 Å². The van der Waals surface area contributed by atoms with Crippen LogP contribution in [0.5, 0.6) is 0 Å². The van der Waals surface area contributed by atoms with Gasteiger partial charge in [0.05, 0.1) is 5.69 Å². The first kappa shape index (κ1) is 8.10. The zero-order chi connectivity index (χ0) is 9.42. The van der Waals surface area contributed by atoms with Gasteiger partial charge in [-0.2, -0.15) is 0 Å². The van der Waals surface area contributed by atoms with Gasteiger partial charge in [-0.25, -0.2) is 4.98 Å². The number of anilines is 1. The average Bonchev–Trinajstić information content (AvgIpc) is 2.43. The zero-order valence-corrected chi connectivity index (χ0v) is 7.91. The monoisotopic (exact) mass is 175 g/mol. The van der Waals surface area contributed by atoms with Crippen LogP contribution in [0, 0.1) is 6.92 Å². The quantitative estimate of drug-likeness (QED) is 0.718. The second-order valence-corrected chi connectivity index (χ2v) is 3.20. The van der Waals surface area contributed by atoms with Crippen LogP contribution in [0.2, 0.25) is 0 Å². The van der Waals surface area contributed by atoms with Crippen molar-refractivity contribution in [3.05, 3.63) is 29.6 Å². The van der Waals surface area contributed by atoms with Crippen LogP contribution in [0.15, 0.2) is 18.3 Å². The highest BCUT2D eigenvalue weighted by molar-refractivity contribution is 5.52. The summed E-state index contributed by atoms with van der Waals surface area (Å²) in [6.45, 7) is 4.05. The van der Waals surface area contributed by atoms with Gasteiger partial charge < -0.3 is 5.73 Å². The number of fused-ring (bicyclic) bond motifs is 1. The molecule has 2 aromatic rings. The Bertz CT molecular complexity index is 443. The van der Waals surface area contributed by atoms with Crippen molar-refractivity contribution < 1.29 is 0 Å². The van der Waals surface area contributed by atoms with Crippen LogP contribution < -0.4 is 5.73 Å². The molecule has 0 aliphatic carbocycles. The second-order valence-electron chi connectivity index (χ2n) is 3.20. The minimum Gasteiger partial charge on any atom is -0.383 e. The fraction of sp³-hybridized carbons (Fsp3) is 0.300. The van der Waals surface area contributed by atoms with Crippen molar-refractivity contribution >= 4 is 11.5 Å². The van der Waals surface area contributed by atoms with Crippen LogP contribution in [-0.2, 0) is 6.42 Å². The maximum Gasteiger partial charge on any atom is 0.138 e. The standard InChI is InChI=1S/C10H13N3/c1-3-8-4-5-9-12-7(2)10(11)13(9)6-8/h4-6H,3,11H2,1-2H3. The Morgan fingerprint density at radius 3 is 2.92 bits per heavy atom. The van der Waals surface area contributed by atoms with E-state index in [2.05, 4.69) is 18.0 Å².